The van der Waals surface area contributed by atoms with E-state index >= 15 is 0 Å². The van der Waals surface area contributed by atoms with E-state index in [1.165, 1.54) is 23.1 Å². The van der Waals surface area contributed by atoms with Gasteiger partial charge in [-0.1, -0.05) is 6.07 Å². The third-order valence-electron chi connectivity index (χ3n) is 4.42. The molecule has 10 heteroatoms. The van der Waals surface area contributed by atoms with Gasteiger partial charge in [0, 0.05) is 23.9 Å². The van der Waals surface area contributed by atoms with E-state index in [-0.39, 0.29) is 18.5 Å². The standard InChI is InChI=1S/C22H20FN3O6/c23-16-4-1-3-15(11-16)22(29)25-13-21(28)32-14-20(27)26(8-2-7-24)17-5-6-18-19(12-17)31-10-9-30-18/h1,3-6,11-12H,2,8-10,13-14H2,(H,25,29). The molecule has 0 unspecified atom stereocenters. The van der Waals surface area contributed by atoms with Crippen LogP contribution in [0.25, 0.3) is 0 Å². The van der Waals surface area contributed by atoms with E-state index in [1.54, 1.807) is 18.2 Å². The Hall–Kier alpha value is -4.13. The Morgan fingerprint density at radius 1 is 1.12 bits per heavy atom. The van der Waals surface area contributed by atoms with E-state index in [9.17, 15) is 18.8 Å². The quantitative estimate of drug-likeness (QED) is 0.621. The number of rotatable bonds is 8. The number of esters is 1. The number of carbonyl (C=O) groups is 3. The fraction of sp³-hybridized carbons (Fsp3) is 0.273. The van der Waals surface area contributed by atoms with Gasteiger partial charge in [0.15, 0.2) is 18.1 Å². The zero-order valence-corrected chi connectivity index (χ0v) is 17.0. The first-order valence-electron chi connectivity index (χ1n) is 9.74. The predicted octanol–water partition coefficient (Wildman–Crippen LogP) is 1.82. The third-order valence-corrected chi connectivity index (χ3v) is 4.42. The third kappa shape index (κ3) is 5.95. The van der Waals surface area contributed by atoms with E-state index < -0.39 is 36.8 Å². The van der Waals surface area contributed by atoms with Crippen molar-refractivity contribution < 1.29 is 33.0 Å². The van der Waals surface area contributed by atoms with E-state index in [2.05, 4.69) is 5.32 Å². The SMILES string of the molecule is N#CCCN(C(=O)COC(=O)CNC(=O)c1cccc(F)c1)c1ccc2c(c1)OCCO2. The van der Waals surface area contributed by atoms with Crippen molar-refractivity contribution in [3.63, 3.8) is 0 Å². The summed E-state index contributed by atoms with van der Waals surface area (Å²) >= 11 is 0. The van der Waals surface area contributed by atoms with Crippen LogP contribution in [0.3, 0.4) is 0 Å². The summed E-state index contributed by atoms with van der Waals surface area (Å²) in [7, 11) is 0. The second-order valence-electron chi connectivity index (χ2n) is 6.64. The highest BCUT2D eigenvalue weighted by Crippen LogP contribution is 2.34. The van der Waals surface area contributed by atoms with Gasteiger partial charge in [0.05, 0.1) is 12.5 Å². The van der Waals surface area contributed by atoms with Crippen LogP contribution in [0.2, 0.25) is 0 Å². The number of halogens is 1. The summed E-state index contributed by atoms with van der Waals surface area (Å²) < 4.78 is 29.1. The maximum Gasteiger partial charge on any atom is 0.325 e. The maximum atomic E-state index is 13.2. The van der Waals surface area contributed by atoms with Crippen LogP contribution in [0.1, 0.15) is 16.8 Å². The summed E-state index contributed by atoms with van der Waals surface area (Å²) in [6.07, 6.45) is 0.0673. The largest absolute Gasteiger partial charge is 0.486 e. The number of amides is 2. The number of nitriles is 1. The van der Waals surface area contributed by atoms with Gasteiger partial charge in [0.1, 0.15) is 25.6 Å². The molecule has 1 aliphatic heterocycles. The van der Waals surface area contributed by atoms with Crippen molar-refractivity contribution in [1.29, 1.82) is 5.26 Å². The second-order valence-corrected chi connectivity index (χ2v) is 6.64. The highest BCUT2D eigenvalue weighted by atomic mass is 19.1. The van der Waals surface area contributed by atoms with Crippen LogP contribution in [0.4, 0.5) is 10.1 Å². The van der Waals surface area contributed by atoms with Crippen molar-refractivity contribution in [3.8, 4) is 17.6 Å². The lowest BCUT2D eigenvalue weighted by molar-refractivity contribution is -0.146. The average Bonchev–Trinajstić information content (AvgIpc) is 2.81. The summed E-state index contributed by atoms with van der Waals surface area (Å²) in [6, 6.07) is 11.9. The molecule has 0 radical (unpaired) electrons. The molecule has 3 rings (SSSR count). The molecule has 0 aliphatic carbocycles. The fourth-order valence-corrected chi connectivity index (χ4v) is 2.91. The first kappa shape index (κ1) is 22.6. The normalized spacial score (nSPS) is 11.8. The lowest BCUT2D eigenvalue weighted by Gasteiger charge is -2.24. The van der Waals surface area contributed by atoms with Crippen LogP contribution in [0.15, 0.2) is 42.5 Å². The molecule has 166 valence electrons. The lowest BCUT2D eigenvalue weighted by Crippen LogP contribution is -2.37. The molecule has 32 heavy (non-hydrogen) atoms. The number of anilines is 1. The number of hydrogen-bond acceptors (Lipinski definition) is 7. The van der Waals surface area contributed by atoms with Crippen LogP contribution in [0.5, 0.6) is 11.5 Å². The van der Waals surface area contributed by atoms with Gasteiger partial charge in [-0.05, 0) is 30.3 Å². The van der Waals surface area contributed by atoms with Gasteiger partial charge in [0.25, 0.3) is 11.8 Å². The summed E-state index contributed by atoms with van der Waals surface area (Å²) in [5.74, 6) is -1.61. The number of nitrogens with zero attached hydrogens (tertiary/aromatic N) is 2. The Kier molecular flexibility index (Phi) is 7.59. The van der Waals surface area contributed by atoms with E-state index in [1.807, 2.05) is 6.07 Å². The molecule has 2 amide bonds. The molecular formula is C22H20FN3O6. The molecule has 0 saturated carbocycles. The minimum absolute atomic E-state index is 0.0511. The summed E-state index contributed by atoms with van der Waals surface area (Å²) in [5.41, 5.74) is 0.514. The van der Waals surface area contributed by atoms with Crippen molar-refractivity contribution in [2.45, 2.75) is 6.42 Å². The highest BCUT2D eigenvalue weighted by molar-refractivity contribution is 5.97. The first-order chi connectivity index (χ1) is 15.5. The Balaban J connectivity index is 1.56. The van der Waals surface area contributed by atoms with Crippen LogP contribution < -0.4 is 19.7 Å². The Morgan fingerprint density at radius 2 is 1.91 bits per heavy atom. The minimum atomic E-state index is -0.842. The molecule has 1 N–H and O–H groups in total. The molecule has 0 spiro atoms. The van der Waals surface area contributed by atoms with Crippen molar-refractivity contribution in [1.82, 2.24) is 5.32 Å². The molecule has 0 bridgehead atoms. The van der Waals surface area contributed by atoms with E-state index in [0.717, 1.165) is 6.07 Å². The van der Waals surface area contributed by atoms with Gasteiger partial charge in [-0.2, -0.15) is 5.26 Å². The maximum absolute atomic E-state index is 13.2. The number of carbonyl (C=O) groups excluding carboxylic acids is 3. The summed E-state index contributed by atoms with van der Waals surface area (Å²) in [5, 5.41) is 11.2. The van der Waals surface area contributed by atoms with Crippen molar-refractivity contribution >= 4 is 23.5 Å². The average molecular weight is 441 g/mol. The van der Waals surface area contributed by atoms with Crippen LogP contribution in [-0.4, -0.2) is 50.7 Å². The molecule has 1 aliphatic rings. The summed E-state index contributed by atoms with van der Waals surface area (Å²) in [6.45, 7) is -0.196. The van der Waals surface area contributed by atoms with Gasteiger partial charge in [0.2, 0.25) is 0 Å². The molecule has 0 saturated heterocycles. The van der Waals surface area contributed by atoms with Gasteiger partial charge in [-0.3, -0.25) is 14.4 Å². The Morgan fingerprint density at radius 3 is 2.66 bits per heavy atom. The smallest absolute Gasteiger partial charge is 0.325 e. The van der Waals surface area contributed by atoms with Crippen molar-refractivity contribution in [2.24, 2.45) is 0 Å². The number of benzene rings is 2. The number of nitrogens with one attached hydrogen (secondary N) is 1. The molecule has 2 aromatic carbocycles. The minimum Gasteiger partial charge on any atom is -0.486 e. The molecule has 2 aromatic rings. The zero-order chi connectivity index (χ0) is 22.9. The lowest BCUT2D eigenvalue weighted by atomic mass is 10.2. The first-order valence-corrected chi connectivity index (χ1v) is 9.74. The Bertz CT molecular complexity index is 1050. The molecule has 0 fully saturated rings. The Labute approximate surface area is 183 Å². The molecule has 1 heterocycles. The van der Waals surface area contributed by atoms with Crippen LogP contribution >= 0.6 is 0 Å². The van der Waals surface area contributed by atoms with Gasteiger partial charge < -0.3 is 24.4 Å². The topological polar surface area (TPSA) is 118 Å². The molecule has 9 nitrogen and oxygen atoms in total. The molecule has 0 atom stereocenters. The van der Waals surface area contributed by atoms with Crippen molar-refractivity contribution in [3.05, 3.63) is 53.8 Å². The number of hydrogen-bond donors (Lipinski definition) is 1. The second kappa shape index (κ2) is 10.8. The predicted molar refractivity (Wildman–Crippen MR) is 110 cm³/mol. The van der Waals surface area contributed by atoms with Crippen LogP contribution in [-0.2, 0) is 14.3 Å². The number of ether oxygens (including phenoxy) is 3. The van der Waals surface area contributed by atoms with Gasteiger partial charge in [-0.25, -0.2) is 4.39 Å². The fourth-order valence-electron chi connectivity index (χ4n) is 2.91. The van der Waals surface area contributed by atoms with E-state index in [0.29, 0.717) is 30.4 Å². The monoisotopic (exact) mass is 441 g/mol. The van der Waals surface area contributed by atoms with Gasteiger partial charge in [-0.15, -0.1) is 0 Å². The zero-order valence-electron chi connectivity index (χ0n) is 17.0. The van der Waals surface area contributed by atoms with Crippen molar-refractivity contribution in [2.75, 3.05) is 37.8 Å². The van der Waals surface area contributed by atoms with E-state index in [4.69, 9.17) is 19.5 Å². The molecular weight excluding hydrogens is 421 g/mol. The number of fused-ring (bicyclic) bond motifs is 1. The molecule has 0 aromatic heterocycles. The van der Waals surface area contributed by atoms with Gasteiger partial charge >= 0.3 is 5.97 Å². The highest BCUT2D eigenvalue weighted by Gasteiger charge is 2.21. The summed E-state index contributed by atoms with van der Waals surface area (Å²) in [4.78, 5) is 37.9. The van der Waals surface area contributed by atoms with Crippen LogP contribution in [0, 0.1) is 17.1 Å².